The molecule has 0 aliphatic rings. The van der Waals surface area contributed by atoms with Gasteiger partial charge in [0.05, 0.1) is 0 Å². The monoisotopic (exact) mass is 295 g/mol. The van der Waals surface area contributed by atoms with Gasteiger partial charge in [0.1, 0.15) is 11.8 Å². The second kappa shape index (κ2) is 7.41. The molecule has 0 aliphatic heterocycles. The highest BCUT2D eigenvalue weighted by molar-refractivity contribution is 6.30. The molecular formula is C14H14ClNO4. The molecule has 0 spiro atoms. The zero-order valence-corrected chi connectivity index (χ0v) is 11.6. The number of ether oxygens (including phenoxy) is 1. The van der Waals surface area contributed by atoms with Crippen molar-refractivity contribution in [3.8, 4) is 18.1 Å². The van der Waals surface area contributed by atoms with Crippen LogP contribution in [0.4, 0.5) is 0 Å². The first kappa shape index (κ1) is 15.9. The predicted molar refractivity (Wildman–Crippen MR) is 74.6 cm³/mol. The molecule has 6 heteroatoms. The van der Waals surface area contributed by atoms with Gasteiger partial charge in [0.2, 0.25) is 0 Å². The van der Waals surface area contributed by atoms with Gasteiger partial charge in [0.25, 0.3) is 5.91 Å². The Bertz CT molecular complexity index is 538. The van der Waals surface area contributed by atoms with Gasteiger partial charge in [-0.15, -0.1) is 12.3 Å². The zero-order valence-electron chi connectivity index (χ0n) is 10.8. The Balaban J connectivity index is 2.63. The highest BCUT2D eigenvalue weighted by atomic mass is 35.5. The van der Waals surface area contributed by atoms with Crippen LogP contribution in [-0.2, 0) is 9.59 Å². The summed E-state index contributed by atoms with van der Waals surface area (Å²) in [4.78, 5) is 22.7. The standard InChI is InChI=1S/C14H14ClNO4/c1-3-5-12(14(18)19)16-13(17)9(2)20-11-7-4-6-10(15)8-11/h1,4,6-9,12H,5H2,2H3,(H,16,17)(H,18,19). The van der Waals surface area contributed by atoms with Gasteiger partial charge in [-0.05, 0) is 25.1 Å². The minimum absolute atomic E-state index is 0.0923. The molecule has 2 atom stereocenters. The van der Waals surface area contributed by atoms with Crippen molar-refractivity contribution in [3.63, 3.8) is 0 Å². The number of carboxylic acid groups (broad SMARTS) is 1. The van der Waals surface area contributed by atoms with Crippen LogP contribution in [0.15, 0.2) is 24.3 Å². The first-order valence-electron chi connectivity index (χ1n) is 5.83. The maximum Gasteiger partial charge on any atom is 0.327 e. The van der Waals surface area contributed by atoms with Gasteiger partial charge in [0.15, 0.2) is 6.10 Å². The van der Waals surface area contributed by atoms with Gasteiger partial charge < -0.3 is 15.2 Å². The molecule has 1 amide bonds. The third-order valence-corrected chi connectivity index (χ3v) is 2.65. The first-order chi connectivity index (χ1) is 9.43. The molecule has 1 rings (SSSR count). The second-order valence-corrected chi connectivity index (χ2v) is 4.46. The van der Waals surface area contributed by atoms with Crippen LogP contribution in [-0.4, -0.2) is 29.1 Å². The number of hydrogen-bond donors (Lipinski definition) is 2. The van der Waals surface area contributed by atoms with Crippen molar-refractivity contribution in [1.29, 1.82) is 0 Å². The van der Waals surface area contributed by atoms with Crippen LogP contribution in [0.2, 0.25) is 5.02 Å². The number of benzene rings is 1. The number of hydrogen-bond acceptors (Lipinski definition) is 3. The molecule has 2 unspecified atom stereocenters. The van der Waals surface area contributed by atoms with Crippen LogP contribution < -0.4 is 10.1 Å². The van der Waals surface area contributed by atoms with E-state index >= 15 is 0 Å². The van der Waals surface area contributed by atoms with Crippen LogP contribution in [0.1, 0.15) is 13.3 Å². The number of nitrogens with one attached hydrogen (secondary N) is 1. The number of rotatable bonds is 6. The smallest absolute Gasteiger partial charge is 0.327 e. The molecule has 0 saturated carbocycles. The van der Waals surface area contributed by atoms with Crippen molar-refractivity contribution in [2.75, 3.05) is 0 Å². The summed E-state index contributed by atoms with van der Waals surface area (Å²) in [5.41, 5.74) is 0. The van der Waals surface area contributed by atoms with Crippen LogP contribution in [0, 0.1) is 12.3 Å². The normalized spacial score (nSPS) is 12.8. The van der Waals surface area contributed by atoms with E-state index in [2.05, 4.69) is 11.2 Å². The Morgan fingerprint density at radius 3 is 2.80 bits per heavy atom. The average molecular weight is 296 g/mol. The van der Waals surface area contributed by atoms with Gasteiger partial charge in [0, 0.05) is 11.4 Å². The van der Waals surface area contributed by atoms with Crippen LogP contribution in [0.25, 0.3) is 0 Å². The minimum atomic E-state index is -1.19. The molecule has 0 aliphatic carbocycles. The molecule has 0 saturated heterocycles. The van der Waals surface area contributed by atoms with Crippen LogP contribution >= 0.6 is 11.6 Å². The van der Waals surface area contributed by atoms with Crippen LogP contribution in [0.5, 0.6) is 5.75 Å². The Kier molecular flexibility index (Phi) is 5.88. The summed E-state index contributed by atoms with van der Waals surface area (Å²) in [5, 5.41) is 11.7. The van der Waals surface area contributed by atoms with Crippen LogP contribution in [0.3, 0.4) is 0 Å². The van der Waals surface area contributed by atoms with E-state index in [1.807, 2.05) is 0 Å². The number of aliphatic carboxylic acids is 1. The molecule has 20 heavy (non-hydrogen) atoms. The number of amides is 1. The van der Waals surface area contributed by atoms with E-state index < -0.39 is 24.0 Å². The first-order valence-corrected chi connectivity index (χ1v) is 6.20. The lowest BCUT2D eigenvalue weighted by atomic mass is 10.2. The molecule has 0 fully saturated rings. The minimum Gasteiger partial charge on any atom is -0.481 e. The fourth-order valence-electron chi connectivity index (χ4n) is 1.40. The summed E-state index contributed by atoms with van der Waals surface area (Å²) in [6, 6.07) is 5.43. The van der Waals surface area contributed by atoms with Gasteiger partial charge in [-0.25, -0.2) is 4.79 Å². The largest absolute Gasteiger partial charge is 0.481 e. The molecule has 0 radical (unpaired) electrons. The maximum absolute atomic E-state index is 11.8. The number of carboxylic acids is 1. The van der Waals surface area contributed by atoms with E-state index in [1.54, 1.807) is 24.3 Å². The van der Waals surface area contributed by atoms with E-state index in [0.717, 1.165) is 0 Å². The Morgan fingerprint density at radius 1 is 1.55 bits per heavy atom. The fraction of sp³-hybridized carbons (Fsp3) is 0.286. The van der Waals surface area contributed by atoms with Crippen molar-refractivity contribution in [2.45, 2.75) is 25.5 Å². The van der Waals surface area contributed by atoms with Gasteiger partial charge in [-0.3, -0.25) is 4.79 Å². The number of halogens is 1. The number of terminal acetylenes is 1. The lowest BCUT2D eigenvalue weighted by molar-refractivity contribution is -0.142. The zero-order chi connectivity index (χ0) is 15.1. The molecule has 106 valence electrons. The highest BCUT2D eigenvalue weighted by Crippen LogP contribution is 2.18. The Hall–Kier alpha value is -2.19. The summed E-state index contributed by atoms with van der Waals surface area (Å²) in [6.07, 6.45) is 4.09. The quantitative estimate of drug-likeness (QED) is 0.783. The SMILES string of the molecule is C#CCC(NC(=O)C(C)Oc1cccc(Cl)c1)C(=O)O. The Morgan fingerprint density at radius 2 is 2.25 bits per heavy atom. The van der Waals surface area contributed by atoms with Gasteiger partial charge in [-0.2, -0.15) is 0 Å². The molecule has 0 aromatic heterocycles. The second-order valence-electron chi connectivity index (χ2n) is 4.03. The predicted octanol–water partition coefficient (Wildman–Crippen LogP) is 1.70. The molecule has 2 N–H and O–H groups in total. The van der Waals surface area contributed by atoms with Gasteiger partial charge >= 0.3 is 5.97 Å². The lowest BCUT2D eigenvalue weighted by Gasteiger charge is -2.17. The molecule has 1 aromatic carbocycles. The van der Waals surface area contributed by atoms with E-state index in [0.29, 0.717) is 10.8 Å². The lowest BCUT2D eigenvalue weighted by Crippen LogP contribution is -2.46. The summed E-state index contributed by atoms with van der Waals surface area (Å²) in [5.74, 6) is 0.866. The number of carbonyl (C=O) groups excluding carboxylic acids is 1. The van der Waals surface area contributed by atoms with Crippen molar-refractivity contribution in [1.82, 2.24) is 5.32 Å². The molecular weight excluding hydrogens is 282 g/mol. The number of carbonyl (C=O) groups is 2. The molecule has 0 bridgehead atoms. The fourth-order valence-corrected chi connectivity index (χ4v) is 1.59. The third kappa shape index (κ3) is 4.82. The topological polar surface area (TPSA) is 75.6 Å². The van der Waals surface area contributed by atoms with Crippen molar-refractivity contribution in [2.24, 2.45) is 0 Å². The van der Waals surface area contributed by atoms with Crippen molar-refractivity contribution >= 4 is 23.5 Å². The van der Waals surface area contributed by atoms with E-state index in [1.165, 1.54) is 6.92 Å². The summed E-state index contributed by atoms with van der Waals surface area (Å²) in [6.45, 7) is 1.50. The summed E-state index contributed by atoms with van der Waals surface area (Å²) in [7, 11) is 0. The van der Waals surface area contributed by atoms with Gasteiger partial charge in [-0.1, -0.05) is 17.7 Å². The summed E-state index contributed by atoms with van der Waals surface area (Å²) < 4.78 is 5.37. The van der Waals surface area contributed by atoms with Crippen molar-refractivity contribution in [3.05, 3.63) is 29.3 Å². The van der Waals surface area contributed by atoms with E-state index in [9.17, 15) is 9.59 Å². The maximum atomic E-state index is 11.8. The van der Waals surface area contributed by atoms with Crippen molar-refractivity contribution < 1.29 is 19.4 Å². The third-order valence-electron chi connectivity index (χ3n) is 2.41. The summed E-state index contributed by atoms with van der Waals surface area (Å²) >= 11 is 5.79. The molecule has 1 aromatic rings. The molecule has 5 nitrogen and oxygen atoms in total. The van der Waals surface area contributed by atoms with E-state index in [-0.39, 0.29) is 6.42 Å². The molecule has 0 heterocycles. The Labute approximate surface area is 121 Å². The highest BCUT2D eigenvalue weighted by Gasteiger charge is 2.23. The van der Waals surface area contributed by atoms with E-state index in [4.69, 9.17) is 27.9 Å². The average Bonchev–Trinajstić information content (AvgIpc) is 2.37.